The molecule has 0 aromatic carbocycles. The van der Waals surface area contributed by atoms with E-state index in [1.54, 1.807) is 0 Å². The third-order valence-corrected chi connectivity index (χ3v) is 10.00. The smallest absolute Gasteiger partial charge is 0.303 e. The molecule has 1 aliphatic heterocycles. The minimum atomic E-state index is -0.541. The van der Waals surface area contributed by atoms with Crippen LogP contribution in [0.15, 0.2) is 23.3 Å². The molecule has 1 aliphatic rings. The number of hydrogen-bond acceptors (Lipinski definition) is 7. The third kappa shape index (κ3) is 11.3. The highest BCUT2D eigenvalue weighted by Crippen LogP contribution is 2.49. The molecule has 1 heterocycles. The average molecular weight is 529 g/mol. The van der Waals surface area contributed by atoms with Crippen LogP contribution in [0.1, 0.15) is 93.9 Å². The van der Waals surface area contributed by atoms with Crippen LogP contribution >= 0.6 is 23.5 Å². The van der Waals surface area contributed by atoms with E-state index in [1.165, 1.54) is 19.4 Å². The number of hydrogen-bond donors (Lipinski definition) is 0. The van der Waals surface area contributed by atoms with E-state index >= 15 is 0 Å². The molecule has 0 aromatic heterocycles. The number of allylic oxidation sites excluding steroid dienone is 2. The number of thioether (sulfide) groups is 2. The number of ether oxygens (including phenoxy) is 3. The molecule has 0 N–H and O–H groups in total. The summed E-state index contributed by atoms with van der Waals surface area (Å²) in [6.07, 6.45) is 9.49. The van der Waals surface area contributed by atoms with Gasteiger partial charge in [0.25, 0.3) is 0 Å². The van der Waals surface area contributed by atoms with Crippen LogP contribution in [-0.2, 0) is 23.8 Å². The molecule has 3 atom stereocenters. The first-order valence-corrected chi connectivity index (χ1v) is 15.0. The fourth-order valence-corrected chi connectivity index (χ4v) is 7.78. The van der Waals surface area contributed by atoms with E-state index in [0.29, 0.717) is 18.9 Å². The predicted molar refractivity (Wildman–Crippen MR) is 150 cm³/mol. The van der Waals surface area contributed by atoms with Crippen LogP contribution in [-0.4, -0.2) is 52.4 Å². The Hall–Kier alpha value is -0.920. The van der Waals surface area contributed by atoms with Gasteiger partial charge in [-0.25, -0.2) is 0 Å². The lowest BCUT2D eigenvalue weighted by Gasteiger charge is -2.39. The third-order valence-electron chi connectivity index (χ3n) is 6.60. The van der Waals surface area contributed by atoms with E-state index in [1.807, 2.05) is 6.08 Å². The summed E-state index contributed by atoms with van der Waals surface area (Å²) in [6.45, 7) is 16.9. The lowest BCUT2D eigenvalue weighted by atomic mass is 9.87. The molecule has 202 valence electrons. The lowest BCUT2D eigenvalue weighted by Crippen LogP contribution is -2.44. The van der Waals surface area contributed by atoms with E-state index in [2.05, 4.69) is 71.1 Å². The summed E-state index contributed by atoms with van der Waals surface area (Å²) < 4.78 is 17.4. The molecule has 0 aliphatic carbocycles. The Labute approximate surface area is 222 Å². The highest BCUT2D eigenvalue weighted by atomic mass is 32.2. The highest BCUT2D eigenvalue weighted by Gasteiger charge is 2.41. The van der Waals surface area contributed by atoms with Crippen LogP contribution < -0.4 is 0 Å². The van der Waals surface area contributed by atoms with Gasteiger partial charge >= 0.3 is 11.9 Å². The van der Waals surface area contributed by atoms with Crippen molar-refractivity contribution in [2.24, 2.45) is 5.92 Å². The molecular weight excluding hydrogens is 480 g/mol. The largest absolute Gasteiger partial charge is 0.462 e. The number of carbonyl (C=O) groups excluding carboxylic acids is 2. The Bertz CT molecular complexity index is 723. The van der Waals surface area contributed by atoms with Gasteiger partial charge in [0.2, 0.25) is 0 Å². The zero-order valence-corrected chi connectivity index (χ0v) is 24.9. The molecule has 0 saturated carbocycles. The maximum Gasteiger partial charge on any atom is 0.303 e. The Kier molecular flexibility index (Phi) is 14.7. The molecule has 1 saturated heterocycles. The summed E-state index contributed by atoms with van der Waals surface area (Å²) in [4.78, 5) is 22.9. The van der Waals surface area contributed by atoms with Gasteiger partial charge in [-0.05, 0) is 81.9 Å². The Balaban J connectivity index is 2.93. The maximum atomic E-state index is 11.9. The molecule has 0 spiro atoms. The Morgan fingerprint density at radius 3 is 2.37 bits per heavy atom. The van der Waals surface area contributed by atoms with Gasteiger partial charge < -0.3 is 14.2 Å². The van der Waals surface area contributed by atoms with Crippen LogP contribution in [0.2, 0.25) is 0 Å². The molecular formula is C28H48O5S2. The normalized spacial score (nSPS) is 22.9. The van der Waals surface area contributed by atoms with Crippen LogP contribution in [0.25, 0.3) is 0 Å². The average Bonchev–Trinajstić information content (AvgIpc) is 2.91. The van der Waals surface area contributed by atoms with E-state index in [0.717, 1.165) is 49.2 Å². The lowest BCUT2D eigenvalue weighted by molar-refractivity contribution is -0.167. The topological polar surface area (TPSA) is 61.8 Å². The van der Waals surface area contributed by atoms with Crippen LogP contribution in [0.4, 0.5) is 0 Å². The van der Waals surface area contributed by atoms with Crippen molar-refractivity contribution in [2.75, 3.05) is 24.7 Å². The molecule has 35 heavy (non-hydrogen) atoms. The van der Waals surface area contributed by atoms with Crippen molar-refractivity contribution in [3.05, 3.63) is 23.3 Å². The second kappa shape index (κ2) is 16.0. The Morgan fingerprint density at radius 1 is 1.17 bits per heavy atom. The molecule has 7 heteroatoms. The first-order valence-electron chi connectivity index (χ1n) is 13.0. The van der Waals surface area contributed by atoms with Crippen molar-refractivity contribution in [1.29, 1.82) is 0 Å². The Morgan fingerprint density at radius 2 is 1.83 bits per heavy atom. The van der Waals surface area contributed by atoms with E-state index in [9.17, 15) is 9.59 Å². The van der Waals surface area contributed by atoms with Gasteiger partial charge in [-0.2, -0.15) is 0 Å². The van der Waals surface area contributed by atoms with Gasteiger partial charge in [0.05, 0.1) is 10.7 Å². The van der Waals surface area contributed by atoms with Gasteiger partial charge in [-0.3, -0.25) is 9.59 Å². The molecule has 5 nitrogen and oxygen atoms in total. The monoisotopic (exact) mass is 528 g/mol. The molecule has 0 radical (unpaired) electrons. The van der Waals surface area contributed by atoms with Crippen LogP contribution in [0.3, 0.4) is 0 Å². The van der Waals surface area contributed by atoms with Gasteiger partial charge in [0, 0.05) is 13.8 Å². The first kappa shape index (κ1) is 32.1. The second-order valence-corrected chi connectivity index (χ2v) is 13.3. The second-order valence-electron chi connectivity index (χ2n) is 9.86. The summed E-state index contributed by atoms with van der Waals surface area (Å²) in [7, 11) is 0. The van der Waals surface area contributed by atoms with Crippen molar-refractivity contribution in [3.63, 3.8) is 0 Å². The standard InChI is InChI=1S/C28H48O5S2/c1-9-34-28(35-10-2,18-15-21(3)4)22(5)12-11-17-27(8)26(33-24(7)30)14-13-25(20-32-27)16-19-31-23(6)29/h15-16,22,26H,9-14,17-20H2,1-8H3/b25-16+/t22?,26-,27+/m1/s1. The van der Waals surface area contributed by atoms with E-state index < -0.39 is 5.60 Å². The van der Waals surface area contributed by atoms with Crippen molar-refractivity contribution >= 4 is 35.5 Å². The fourth-order valence-electron chi connectivity index (χ4n) is 4.56. The van der Waals surface area contributed by atoms with Crippen molar-refractivity contribution in [2.45, 2.75) is 110 Å². The maximum absolute atomic E-state index is 11.9. The van der Waals surface area contributed by atoms with Gasteiger partial charge in [0.1, 0.15) is 18.3 Å². The van der Waals surface area contributed by atoms with Crippen molar-refractivity contribution < 1.29 is 23.8 Å². The quantitative estimate of drug-likeness (QED) is 0.133. The molecule has 1 unspecified atom stereocenters. The number of esters is 2. The van der Waals surface area contributed by atoms with Crippen LogP contribution in [0.5, 0.6) is 0 Å². The van der Waals surface area contributed by atoms with Crippen LogP contribution in [0, 0.1) is 5.92 Å². The van der Waals surface area contributed by atoms with Crippen molar-refractivity contribution in [3.8, 4) is 0 Å². The minimum absolute atomic E-state index is 0.174. The first-order chi connectivity index (χ1) is 16.5. The van der Waals surface area contributed by atoms with E-state index in [-0.39, 0.29) is 28.7 Å². The zero-order valence-electron chi connectivity index (χ0n) is 23.2. The fraction of sp³-hybridized carbons (Fsp3) is 0.786. The molecule has 1 rings (SSSR count). The summed E-state index contributed by atoms with van der Waals surface area (Å²) in [5, 5.41) is 0. The van der Waals surface area contributed by atoms with E-state index in [4.69, 9.17) is 14.2 Å². The highest BCUT2D eigenvalue weighted by molar-refractivity contribution is 8.18. The molecule has 0 bridgehead atoms. The number of carbonyl (C=O) groups is 2. The summed E-state index contributed by atoms with van der Waals surface area (Å²) >= 11 is 4.16. The van der Waals surface area contributed by atoms with Gasteiger partial charge in [0.15, 0.2) is 0 Å². The SMILES string of the molecule is CCSC(CC=C(C)C)(SCC)C(C)CCC[C@]1(C)OC/C(=C/COC(C)=O)CC[C@H]1OC(C)=O. The molecule has 1 fully saturated rings. The van der Waals surface area contributed by atoms with Gasteiger partial charge in [-0.1, -0.05) is 38.8 Å². The van der Waals surface area contributed by atoms with Crippen molar-refractivity contribution in [1.82, 2.24) is 0 Å². The minimum Gasteiger partial charge on any atom is -0.462 e. The summed E-state index contributed by atoms with van der Waals surface area (Å²) in [6, 6.07) is 0. The summed E-state index contributed by atoms with van der Waals surface area (Å²) in [5.74, 6) is 2.17. The zero-order chi connectivity index (χ0) is 26.5. The molecule has 0 aromatic rings. The van der Waals surface area contributed by atoms with Gasteiger partial charge in [-0.15, -0.1) is 23.5 Å². The number of rotatable bonds is 14. The predicted octanol–water partition coefficient (Wildman–Crippen LogP) is 7.34. The summed E-state index contributed by atoms with van der Waals surface area (Å²) in [5.41, 5.74) is 1.91. The molecule has 0 amide bonds.